The van der Waals surface area contributed by atoms with Crippen molar-refractivity contribution in [3.05, 3.63) is 24.3 Å². The zero-order valence-corrected chi connectivity index (χ0v) is 51.5. The van der Waals surface area contributed by atoms with Crippen LogP contribution in [-0.2, 0) is 14.3 Å². The van der Waals surface area contributed by atoms with Crippen LogP contribution in [0.15, 0.2) is 24.3 Å². The maximum Gasteiger partial charge on any atom is 0.305 e. The number of rotatable bonds is 65. The van der Waals surface area contributed by atoms with E-state index in [0.29, 0.717) is 19.4 Å². The van der Waals surface area contributed by atoms with Crippen LogP contribution in [0.2, 0.25) is 0 Å². The molecule has 2 unspecified atom stereocenters. The van der Waals surface area contributed by atoms with Crippen LogP contribution in [0.3, 0.4) is 0 Å². The fraction of sp³-hybridized carbons (Fsp3) is 0.914. The zero-order chi connectivity index (χ0) is 55.0. The van der Waals surface area contributed by atoms with E-state index in [2.05, 4.69) is 31.3 Å². The number of amides is 1. The van der Waals surface area contributed by atoms with E-state index in [0.717, 1.165) is 38.5 Å². The summed E-state index contributed by atoms with van der Waals surface area (Å²) in [5, 5.41) is 23.2. The third kappa shape index (κ3) is 61.6. The number of hydrogen-bond acceptors (Lipinski definition) is 5. The largest absolute Gasteiger partial charge is 0.466 e. The zero-order valence-electron chi connectivity index (χ0n) is 51.5. The molecule has 0 saturated carbocycles. The summed E-state index contributed by atoms with van der Waals surface area (Å²) in [6.45, 7) is 4.94. The fourth-order valence-corrected chi connectivity index (χ4v) is 10.9. The van der Waals surface area contributed by atoms with E-state index in [4.69, 9.17) is 4.74 Å². The van der Waals surface area contributed by atoms with Gasteiger partial charge in [-0.3, -0.25) is 9.59 Å². The van der Waals surface area contributed by atoms with E-state index < -0.39 is 12.1 Å². The van der Waals surface area contributed by atoms with Crippen LogP contribution < -0.4 is 5.32 Å². The molecule has 0 aliphatic heterocycles. The predicted molar refractivity (Wildman–Crippen MR) is 333 cm³/mol. The Kier molecular flexibility index (Phi) is 64.4. The van der Waals surface area contributed by atoms with Crippen molar-refractivity contribution in [3.63, 3.8) is 0 Å². The second-order valence-electron chi connectivity index (χ2n) is 23.9. The number of allylic oxidation sites excluding steroid dienone is 3. The molecule has 0 heterocycles. The van der Waals surface area contributed by atoms with Crippen molar-refractivity contribution in [2.45, 2.75) is 398 Å². The van der Waals surface area contributed by atoms with Crippen LogP contribution in [0.1, 0.15) is 386 Å². The van der Waals surface area contributed by atoms with Crippen molar-refractivity contribution in [1.82, 2.24) is 5.32 Å². The topological polar surface area (TPSA) is 95.9 Å². The second-order valence-corrected chi connectivity index (χ2v) is 23.9. The van der Waals surface area contributed by atoms with E-state index in [1.165, 1.54) is 321 Å². The fourth-order valence-electron chi connectivity index (χ4n) is 10.9. The Morgan fingerprint density at radius 2 is 0.618 bits per heavy atom. The number of unbranched alkanes of at least 4 members (excludes halogenated alkanes) is 52. The van der Waals surface area contributed by atoms with Crippen LogP contribution in [0.25, 0.3) is 0 Å². The van der Waals surface area contributed by atoms with Crippen LogP contribution >= 0.6 is 0 Å². The van der Waals surface area contributed by atoms with E-state index in [1.807, 2.05) is 6.08 Å². The molecule has 0 rings (SSSR count). The number of carbonyl (C=O) groups is 2. The van der Waals surface area contributed by atoms with Gasteiger partial charge in [0, 0.05) is 12.8 Å². The summed E-state index contributed by atoms with van der Waals surface area (Å²) in [6.07, 6.45) is 82.5. The summed E-state index contributed by atoms with van der Waals surface area (Å²) >= 11 is 0. The Balaban J connectivity index is 3.38. The molecule has 450 valence electrons. The molecule has 0 aromatic carbocycles. The molecule has 3 N–H and O–H groups in total. The molecule has 0 bridgehead atoms. The average molecular weight is 1070 g/mol. The van der Waals surface area contributed by atoms with Crippen molar-refractivity contribution < 1.29 is 24.5 Å². The second kappa shape index (κ2) is 65.9. The van der Waals surface area contributed by atoms with Gasteiger partial charge < -0.3 is 20.3 Å². The van der Waals surface area contributed by atoms with E-state index in [-0.39, 0.29) is 18.5 Å². The highest BCUT2D eigenvalue weighted by Crippen LogP contribution is 2.18. The van der Waals surface area contributed by atoms with Crippen LogP contribution in [0.4, 0.5) is 0 Å². The highest BCUT2D eigenvalue weighted by atomic mass is 16.5. The summed E-state index contributed by atoms with van der Waals surface area (Å²) in [4.78, 5) is 24.5. The Hall–Kier alpha value is -1.66. The number of ether oxygens (including phenoxy) is 1. The highest BCUT2D eigenvalue weighted by molar-refractivity contribution is 5.76. The molecule has 0 radical (unpaired) electrons. The number of carbonyl (C=O) groups excluding carboxylic acids is 2. The summed E-state index contributed by atoms with van der Waals surface area (Å²) in [7, 11) is 0. The van der Waals surface area contributed by atoms with Gasteiger partial charge in [-0.15, -0.1) is 0 Å². The Labute approximate surface area is 475 Å². The Bertz CT molecular complexity index is 1190. The minimum Gasteiger partial charge on any atom is -0.466 e. The summed E-state index contributed by atoms with van der Waals surface area (Å²) in [6, 6.07) is -0.626. The summed E-state index contributed by atoms with van der Waals surface area (Å²) in [5.74, 6) is -0.0449. The molecule has 1 amide bonds. The molecule has 6 heteroatoms. The van der Waals surface area contributed by atoms with Crippen LogP contribution in [-0.4, -0.2) is 47.4 Å². The molecule has 0 saturated heterocycles. The third-order valence-corrected chi connectivity index (χ3v) is 16.2. The number of aliphatic hydroxyl groups is 2. The average Bonchev–Trinajstić information content (AvgIpc) is 3.42. The monoisotopic (exact) mass is 1070 g/mol. The minimum atomic E-state index is -0.843. The molecule has 0 aliphatic rings. The predicted octanol–water partition coefficient (Wildman–Crippen LogP) is 22.1. The molecule has 2 atom stereocenters. The molecule has 0 aliphatic carbocycles. The van der Waals surface area contributed by atoms with Crippen molar-refractivity contribution in [3.8, 4) is 0 Å². The van der Waals surface area contributed by atoms with E-state index >= 15 is 0 Å². The van der Waals surface area contributed by atoms with Gasteiger partial charge in [-0.2, -0.15) is 0 Å². The third-order valence-electron chi connectivity index (χ3n) is 16.2. The lowest BCUT2D eigenvalue weighted by atomic mass is 10.0. The van der Waals surface area contributed by atoms with Crippen molar-refractivity contribution in [2.75, 3.05) is 13.2 Å². The van der Waals surface area contributed by atoms with Gasteiger partial charge in [0.15, 0.2) is 0 Å². The smallest absolute Gasteiger partial charge is 0.305 e. The SMILES string of the molecule is CCCCCCCCCCCCCCCC/C=C/C(O)C(CO)NC(=O)CCCCCCCCCCCCCCCC/C=C\CCCCCCCCCCCCCCOC(=O)CCCCCCCCCCCCCCC. The van der Waals surface area contributed by atoms with Crippen LogP contribution in [0.5, 0.6) is 0 Å². The molecule has 0 spiro atoms. The van der Waals surface area contributed by atoms with Gasteiger partial charge in [-0.1, -0.05) is 340 Å². The molecular weight excluding hydrogens is 935 g/mol. The van der Waals surface area contributed by atoms with Gasteiger partial charge >= 0.3 is 5.97 Å². The minimum absolute atomic E-state index is 0.0189. The lowest BCUT2D eigenvalue weighted by Crippen LogP contribution is -2.45. The van der Waals surface area contributed by atoms with Gasteiger partial charge in [-0.05, 0) is 57.8 Å². The van der Waals surface area contributed by atoms with Gasteiger partial charge in [0.05, 0.1) is 25.4 Å². The van der Waals surface area contributed by atoms with Gasteiger partial charge in [0.1, 0.15) is 0 Å². The standard InChI is InChI=1S/C70H135NO5/c1-3-5-7-9-11-13-15-17-18-35-39-42-46-50-54-58-62-68(73)67(66-72)71-69(74)63-59-55-51-47-43-40-36-33-31-29-27-25-23-21-19-20-22-24-26-28-30-32-34-37-41-45-49-53-57-61-65-76-70(75)64-60-56-52-48-44-38-16-14-12-10-8-6-4-2/h20,22,58,62,67-68,72-73H,3-19,21,23-57,59-61,63-66H2,1-2H3,(H,71,74)/b22-20-,62-58+. The first-order valence-electron chi connectivity index (χ1n) is 34.6. The Morgan fingerprint density at radius 1 is 0.355 bits per heavy atom. The van der Waals surface area contributed by atoms with Crippen LogP contribution in [0, 0.1) is 0 Å². The molecule has 0 aromatic rings. The van der Waals surface area contributed by atoms with Crippen molar-refractivity contribution in [2.24, 2.45) is 0 Å². The first-order chi connectivity index (χ1) is 37.5. The van der Waals surface area contributed by atoms with Gasteiger partial charge in [0.2, 0.25) is 5.91 Å². The summed E-state index contributed by atoms with van der Waals surface area (Å²) < 4.78 is 5.49. The van der Waals surface area contributed by atoms with Gasteiger partial charge in [0.25, 0.3) is 0 Å². The number of aliphatic hydroxyl groups excluding tert-OH is 2. The van der Waals surface area contributed by atoms with Crippen molar-refractivity contribution >= 4 is 11.9 Å². The normalized spacial score (nSPS) is 12.6. The molecule has 6 nitrogen and oxygen atoms in total. The Morgan fingerprint density at radius 3 is 0.934 bits per heavy atom. The van der Waals surface area contributed by atoms with Gasteiger partial charge in [-0.25, -0.2) is 0 Å². The van der Waals surface area contributed by atoms with E-state index in [1.54, 1.807) is 6.08 Å². The number of esters is 1. The molecule has 76 heavy (non-hydrogen) atoms. The highest BCUT2D eigenvalue weighted by Gasteiger charge is 2.18. The first-order valence-corrected chi connectivity index (χ1v) is 34.6. The summed E-state index contributed by atoms with van der Waals surface area (Å²) in [5.41, 5.74) is 0. The lowest BCUT2D eigenvalue weighted by molar-refractivity contribution is -0.143. The molecule has 0 aromatic heterocycles. The quantitative estimate of drug-likeness (QED) is 0.0320. The first kappa shape index (κ1) is 74.3. The van der Waals surface area contributed by atoms with E-state index in [9.17, 15) is 19.8 Å². The maximum atomic E-state index is 12.5. The number of hydrogen-bond donors (Lipinski definition) is 3. The molecular formula is C70H135NO5. The number of nitrogens with one attached hydrogen (secondary N) is 1. The lowest BCUT2D eigenvalue weighted by Gasteiger charge is -2.20. The maximum absolute atomic E-state index is 12.5. The van der Waals surface area contributed by atoms with Crippen molar-refractivity contribution in [1.29, 1.82) is 0 Å². The molecule has 0 fully saturated rings.